The summed E-state index contributed by atoms with van der Waals surface area (Å²) in [6, 6.07) is 18.7. The molecule has 1 fully saturated rings. The molecule has 4 rings (SSSR count). The number of amides is 1. The van der Waals surface area contributed by atoms with Crippen molar-refractivity contribution in [3.63, 3.8) is 0 Å². The van der Waals surface area contributed by atoms with Crippen molar-refractivity contribution in [2.45, 2.75) is 26.3 Å². The fraction of sp³-hybridized carbons (Fsp3) is 0.214. The van der Waals surface area contributed by atoms with Gasteiger partial charge in [0.25, 0.3) is 11.7 Å². The van der Waals surface area contributed by atoms with Crippen molar-refractivity contribution in [2.24, 2.45) is 0 Å². The molecule has 1 aliphatic rings. The van der Waals surface area contributed by atoms with Crippen LogP contribution in [-0.4, -0.2) is 30.5 Å². The summed E-state index contributed by atoms with van der Waals surface area (Å²) in [6.45, 7) is 4.45. The topological polar surface area (TPSA) is 76.1 Å². The van der Waals surface area contributed by atoms with Gasteiger partial charge in [0, 0.05) is 21.8 Å². The zero-order valence-corrected chi connectivity index (χ0v) is 21.3. The van der Waals surface area contributed by atoms with Crippen LogP contribution in [0.3, 0.4) is 0 Å². The molecule has 0 spiro atoms. The Morgan fingerprint density at radius 3 is 2.49 bits per heavy atom. The van der Waals surface area contributed by atoms with Gasteiger partial charge >= 0.3 is 0 Å². The number of ketones is 1. The first-order chi connectivity index (χ1) is 16.8. The number of Topliss-reactive ketones (excluding diaryl/α,β-unsaturated/α-hetero) is 1. The number of hydrogen-bond donors (Lipinski definition) is 1. The number of halogens is 1. The summed E-state index contributed by atoms with van der Waals surface area (Å²) in [5, 5.41) is 11.3. The van der Waals surface area contributed by atoms with Crippen LogP contribution < -0.4 is 14.4 Å². The van der Waals surface area contributed by atoms with Crippen LogP contribution >= 0.6 is 15.9 Å². The van der Waals surface area contributed by atoms with Gasteiger partial charge in [-0.1, -0.05) is 47.1 Å². The Labute approximate surface area is 212 Å². The average molecular weight is 536 g/mol. The van der Waals surface area contributed by atoms with E-state index in [0.29, 0.717) is 34.9 Å². The van der Waals surface area contributed by atoms with Crippen LogP contribution in [-0.2, 0) is 9.59 Å². The predicted molar refractivity (Wildman–Crippen MR) is 139 cm³/mol. The van der Waals surface area contributed by atoms with Crippen molar-refractivity contribution >= 4 is 39.1 Å². The molecule has 1 amide bonds. The average Bonchev–Trinajstić information content (AvgIpc) is 3.14. The third kappa shape index (κ3) is 4.82. The highest BCUT2D eigenvalue weighted by molar-refractivity contribution is 9.10. The van der Waals surface area contributed by atoms with Crippen LogP contribution in [0.5, 0.6) is 11.5 Å². The second-order valence-corrected chi connectivity index (χ2v) is 9.11. The van der Waals surface area contributed by atoms with Crippen molar-refractivity contribution in [1.29, 1.82) is 0 Å². The molecular formula is C28H26BrNO5. The normalized spacial score (nSPS) is 17.0. The lowest BCUT2D eigenvalue weighted by atomic mass is 9.94. The second-order valence-electron chi connectivity index (χ2n) is 8.26. The van der Waals surface area contributed by atoms with E-state index in [4.69, 9.17) is 9.47 Å². The van der Waals surface area contributed by atoms with Crippen molar-refractivity contribution in [3.05, 3.63) is 93.5 Å². The van der Waals surface area contributed by atoms with Crippen LogP contribution in [0.1, 0.15) is 36.1 Å². The van der Waals surface area contributed by atoms with Gasteiger partial charge in [-0.15, -0.1) is 0 Å². The lowest BCUT2D eigenvalue weighted by Crippen LogP contribution is -2.29. The predicted octanol–water partition coefficient (Wildman–Crippen LogP) is 6.18. The first-order valence-corrected chi connectivity index (χ1v) is 12.1. The molecule has 1 heterocycles. The van der Waals surface area contributed by atoms with Crippen molar-refractivity contribution in [2.75, 3.05) is 18.6 Å². The molecule has 1 atom stereocenters. The molecule has 0 aliphatic carbocycles. The lowest BCUT2D eigenvalue weighted by molar-refractivity contribution is -0.132. The molecule has 7 heteroatoms. The minimum atomic E-state index is -0.851. The van der Waals surface area contributed by atoms with Crippen molar-refractivity contribution in [3.8, 4) is 11.5 Å². The van der Waals surface area contributed by atoms with E-state index in [1.165, 1.54) is 12.0 Å². The highest BCUT2D eigenvalue weighted by atomic mass is 79.9. The van der Waals surface area contributed by atoms with E-state index in [2.05, 4.69) is 15.9 Å². The number of aliphatic hydroxyl groups is 1. The van der Waals surface area contributed by atoms with Gasteiger partial charge < -0.3 is 14.6 Å². The minimum Gasteiger partial charge on any atom is -0.507 e. The lowest BCUT2D eigenvalue weighted by Gasteiger charge is -2.26. The molecule has 3 aromatic rings. The maximum Gasteiger partial charge on any atom is 0.300 e. The molecular weight excluding hydrogens is 510 g/mol. The first-order valence-electron chi connectivity index (χ1n) is 11.3. The molecule has 6 nitrogen and oxygen atoms in total. The zero-order valence-electron chi connectivity index (χ0n) is 19.7. The number of anilines is 1. The summed E-state index contributed by atoms with van der Waals surface area (Å²) in [4.78, 5) is 28.1. The monoisotopic (exact) mass is 535 g/mol. The van der Waals surface area contributed by atoms with E-state index in [-0.39, 0.29) is 11.3 Å². The fourth-order valence-corrected chi connectivity index (χ4v) is 4.36. The molecule has 0 bridgehead atoms. The van der Waals surface area contributed by atoms with Gasteiger partial charge in [-0.2, -0.15) is 0 Å². The van der Waals surface area contributed by atoms with E-state index >= 15 is 0 Å². The number of rotatable bonds is 7. The van der Waals surface area contributed by atoms with Crippen LogP contribution in [0.15, 0.2) is 76.8 Å². The fourth-order valence-electron chi connectivity index (χ4n) is 4.12. The summed E-state index contributed by atoms with van der Waals surface area (Å²) in [6.07, 6.45) is 0.843. The third-order valence-corrected chi connectivity index (χ3v) is 6.74. The smallest absolute Gasteiger partial charge is 0.300 e. The van der Waals surface area contributed by atoms with Crippen LogP contribution in [0.25, 0.3) is 5.76 Å². The quantitative estimate of drug-likeness (QED) is 0.222. The van der Waals surface area contributed by atoms with Gasteiger partial charge in [0.2, 0.25) is 0 Å². The third-order valence-electron chi connectivity index (χ3n) is 5.85. The van der Waals surface area contributed by atoms with Gasteiger partial charge in [-0.25, -0.2) is 0 Å². The molecule has 180 valence electrons. The van der Waals surface area contributed by atoms with Gasteiger partial charge in [0.05, 0.1) is 25.3 Å². The van der Waals surface area contributed by atoms with Crippen LogP contribution in [0, 0.1) is 6.92 Å². The molecule has 1 aliphatic heterocycles. The first kappa shape index (κ1) is 24.5. The minimum absolute atomic E-state index is 0.0205. The SMILES string of the molecule is CCCOc1cccc(C2/C(=C(\O)c3ccc(Br)c(C)c3)C(=O)C(=O)N2c2cccc(OC)c2)c1. The standard InChI is InChI=1S/C28H26BrNO5/c1-4-13-35-22-10-5-7-18(15-22)25-24(26(31)19-11-12-23(29)17(2)14-19)27(32)28(33)30(25)20-8-6-9-21(16-20)34-3/h5-12,14-16,25,31H,4,13H2,1-3H3/b26-24+. The maximum atomic E-state index is 13.4. The summed E-state index contributed by atoms with van der Waals surface area (Å²) in [7, 11) is 1.54. The Morgan fingerprint density at radius 1 is 1.03 bits per heavy atom. The second kappa shape index (κ2) is 10.4. The molecule has 1 N–H and O–H groups in total. The number of carbonyl (C=O) groups excluding carboxylic acids is 2. The van der Waals surface area contributed by atoms with Gasteiger partial charge in [0.15, 0.2) is 0 Å². The Balaban J connectivity index is 1.93. The van der Waals surface area contributed by atoms with Gasteiger partial charge in [-0.05, 0) is 60.9 Å². The summed E-state index contributed by atoms with van der Waals surface area (Å²) in [5.74, 6) is -0.532. The highest BCUT2D eigenvalue weighted by Gasteiger charge is 2.47. The molecule has 35 heavy (non-hydrogen) atoms. The van der Waals surface area contributed by atoms with Crippen molar-refractivity contribution in [1.82, 2.24) is 0 Å². The molecule has 0 saturated carbocycles. The zero-order chi connectivity index (χ0) is 25.1. The molecule has 1 saturated heterocycles. The number of hydrogen-bond acceptors (Lipinski definition) is 5. The van der Waals surface area contributed by atoms with E-state index in [1.807, 2.05) is 32.0 Å². The summed E-state index contributed by atoms with van der Waals surface area (Å²) >= 11 is 3.46. The number of carbonyl (C=O) groups is 2. The molecule has 3 aromatic carbocycles. The highest BCUT2D eigenvalue weighted by Crippen LogP contribution is 2.43. The van der Waals surface area contributed by atoms with Crippen molar-refractivity contribution < 1.29 is 24.2 Å². The summed E-state index contributed by atoms with van der Waals surface area (Å²) in [5.41, 5.74) is 2.51. The maximum absolute atomic E-state index is 13.4. The van der Waals surface area contributed by atoms with Crippen LogP contribution in [0.2, 0.25) is 0 Å². The van der Waals surface area contributed by atoms with Gasteiger partial charge in [-0.3, -0.25) is 14.5 Å². The Bertz CT molecular complexity index is 1320. The van der Waals surface area contributed by atoms with Crippen LogP contribution in [0.4, 0.5) is 5.69 Å². The summed E-state index contributed by atoms with van der Waals surface area (Å²) < 4.78 is 12.0. The number of methoxy groups -OCH3 is 1. The van der Waals surface area contributed by atoms with E-state index in [9.17, 15) is 14.7 Å². The Hall–Kier alpha value is -3.58. The number of benzene rings is 3. The van der Waals surface area contributed by atoms with E-state index in [1.54, 1.807) is 48.5 Å². The number of ether oxygens (including phenoxy) is 2. The molecule has 1 unspecified atom stereocenters. The van der Waals surface area contributed by atoms with E-state index in [0.717, 1.165) is 16.5 Å². The number of aliphatic hydroxyl groups excluding tert-OH is 1. The Kier molecular flexibility index (Phi) is 7.26. The molecule has 0 aromatic heterocycles. The van der Waals surface area contributed by atoms with E-state index < -0.39 is 17.7 Å². The largest absolute Gasteiger partial charge is 0.507 e. The number of nitrogens with zero attached hydrogens (tertiary/aromatic N) is 1. The Morgan fingerprint density at radius 2 is 1.77 bits per heavy atom. The van der Waals surface area contributed by atoms with Gasteiger partial charge in [0.1, 0.15) is 17.3 Å². The number of aryl methyl sites for hydroxylation is 1. The molecule has 0 radical (unpaired) electrons.